The fraction of sp³-hybridized carbons (Fsp3) is 0.200. The standard InChI is InChI=1S/C15H15BrF2N2/c1-20(12-4-2-3-11(17)8-12)15(9-19)10-5-6-13(16)14(18)7-10/h2-8,15H,9,19H2,1H3. The van der Waals surface area contributed by atoms with Crippen molar-refractivity contribution in [1.29, 1.82) is 0 Å². The molecule has 0 saturated carbocycles. The molecule has 2 aromatic carbocycles. The first-order valence-corrected chi connectivity index (χ1v) is 6.95. The van der Waals surface area contributed by atoms with Gasteiger partial charge >= 0.3 is 0 Å². The Morgan fingerprint density at radius 1 is 1.20 bits per heavy atom. The van der Waals surface area contributed by atoms with E-state index >= 15 is 0 Å². The van der Waals surface area contributed by atoms with Gasteiger partial charge in [-0.15, -0.1) is 0 Å². The van der Waals surface area contributed by atoms with Crippen LogP contribution in [0.15, 0.2) is 46.9 Å². The minimum Gasteiger partial charge on any atom is -0.366 e. The number of rotatable bonds is 4. The van der Waals surface area contributed by atoms with Crippen LogP contribution >= 0.6 is 15.9 Å². The van der Waals surface area contributed by atoms with Crippen LogP contribution in [-0.2, 0) is 0 Å². The van der Waals surface area contributed by atoms with E-state index in [9.17, 15) is 8.78 Å². The molecule has 0 saturated heterocycles. The second-order valence-electron chi connectivity index (χ2n) is 4.52. The highest BCUT2D eigenvalue weighted by atomic mass is 79.9. The molecular weight excluding hydrogens is 326 g/mol. The van der Waals surface area contributed by atoms with Gasteiger partial charge in [0.25, 0.3) is 0 Å². The van der Waals surface area contributed by atoms with Gasteiger partial charge in [0.2, 0.25) is 0 Å². The third-order valence-corrected chi connectivity index (χ3v) is 3.88. The fourth-order valence-electron chi connectivity index (χ4n) is 2.11. The van der Waals surface area contributed by atoms with Crippen molar-refractivity contribution < 1.29 is 8.78 Å². The fourth-order valence-corrected chi connectivity index (χ4v) is 2.36. The van der Waals surface area contributed by atoms with Crippen LogP contribution in [0.2, 0.25) is 0 Å². The zero-order valence-corrected chi connectivity index (χ0v) is 12.6. The molecule has 1 unspecified atom stereocenters. The monoisotopic (exact) mass is 340 g/mol. The predicted octanol–water partition coefficient (Wildman–Crippen LogP) is 3.86. The second kappa shape index (κ2) is 6.33. The van der Waals surface area contributed by atoms with Gasteiger partial charge in [0.15, 0.2) is 0 Å². The Bertz CT molecular complexity index is 604. The van der Waals surface area contributed by atoms with Crippen LogP contribution in [0, 0.1) is 11.6 Å². The van der Waals surface area contributed by atoms with Gasteiger partial charge in [-0.25, -0.2) is 8.78 Å². The molecule has 2 aromatic rings. The molecule has 0 aromatic heterocycles. The highest BCUT2D eigenvalue weighted by Crippen LogP contribution is 2.27. The van der Waals surface area contributed by atoms with Gasteiger partial charge in [0, 0.05) is 19.3 Å². The van der Waals surface area contributed by atoms with Gasteiger partial charge < -0.3 is 10.6 Å². The molecule has 0 aliphatic heterocycles. The lowest BCUT2D eigenvalue weighted by Crippen LogP contribution is -2.30. The number of likely N-dealkylation sites (N-methyl/N-ethyl adjacent to an activating group) is 1. The molecule has 2 N–H and O–H groups in total. The normalized spacial score (nSPS) is 12.2. The Balaban J connectivity index is 2.33. The van der Waals surface area contributed by atoms with Gasteiger partial charge in [-0.3, -0.25) is 0 Å². The highest BCUT2D eigenvalue weighted by Gasteiger charge is 2.17. The molecule has 0 spiro atoms. The summed E-state index contributed by atoms with van der Waals surface area (Å²) in [5.74, 6) is -0.652. The van der Waals surface area contributed by atoms with Crippen molar-refractivity contribution in [3.63, 3.8) is 0 Å². The van der Waals surface area contributed by atoms with Crippen molar-refractivity contribution in [2.75, 3.05) is 18.5 Å². The Hall–Kier alpha value is -1.46. The van der Waals surface area contributed by atoms with E-state index < -0.39 is 0 Å². The third-order valence-electron chi connectivity index (χ3n) is 3.23. The van der Waals surface area contributed by atoms with Gasteiger partial charge in [-0.1, -0.05) is 12.1 Å². The minimum absolute atomic E-state index is 0.223. The van der Waals surface area contributed by atoms with E-state index in [0.29, 0.717) is 16.7 Å². The second-order valence-corrected chi connectivity index (χ2v) is 5.37. The molecule has 0 bridgehead atoms. The lowest BCUT2D eigenvalue weighted by molar-refractivity contribution is 0.607. The molecule has 2 nitrogen and oxygen atoms in total. The smallest absolute Gasteiger partial charge is 0.137 e. The molecule has 0 fully saturated rings. The number of nitrogens with zero attached hydrogens (tertiary/aromatic N) is 1. The van der Waals surface area contributed by atoms with Gasteiger partial charge in [-0.05, 0) is 51.8 Å². The van der Waals surface area contributed by atoms with Gasteiger partial charge in [-0.2, -0.15) is 0 Å². The number of hydrogen-bond donors (Lipinski definition) is 1. The van der Waals surface area contributed by atoms with E-state index in [0.717, 1.165) is 5.56 Å². The van der Waals surface area contributed by atoms with Gasteiger partial charge in [0.1, 0.15) is 11.6 Å². The minimum atomic E-state index is -0.339. The summed E-state index contributed by atoms with van der Waals surface area (Å²) in [4.78, 5) is 1.84. The van der Waals surface area contributed by atoms with Crippen molar-refractivity contribution in [1.82, 2.24) is 0 Å². The van der Waals surface area contributed by atoms with Crippen LogP contribution < -0.4 is 10.6 Å². The van der Waals surface area contributed by atoms with Crippen molar-refractivity contribution in [3.05, 3.63) is 64.1 Å². The van der Waals surface area contributed by atoms with E-state index in [4.69, 9.17) is 5.73 Å². The first-order chi connectivity index (χ1) is 9.52. The summed E-state index contributed by atoms with van der Waals surface area (Å²) >= 11 is 3.12. The number of halogens is 3. The molecule has 5 heteroatoms. The van der Waals surface area contributed by atoms with Crippen LogP contribution in [0.1, 0.15) is 11.6 Å². The summed E-state index contributed by atoms with van der Waals surface area (Å²) < 4.78 is 27.3. The average molecular weight is 341 g/mol. The first-order valence-electron chi connectivity index (χ1n) is 6.16. The number of hydrogen-bond acceptors (Lipinski definition) is 2. The molecule has 2 rings (SSSR count). The molecule has 1 atom stereocenters. The SMILES string of the molecule is CN(c1cccc(F)c1)C(CN)c1ccc(Br)c(F)c1. The van der Waals surface area contributed by atoms with Crippen molar-refractivity contribution >= 4 is 21.6 Å². The first kappa shape index (κ1) is 14.9. The van der Waals surface area contributed by atoms with Crippen LogP contribution in [0.25, 0.3) is 0 Å². The molecule has 0 amide bonds. The zero-order chi connectivity index (χ0) is 14.7. The zero-order valence-electron chi connectivity index (χ0n) is 11.0. The van der Waals surface area contributed by atoms with Crippen LogP contribution in [-0.4, -0.2) is 13.6 Å². The lowest BCUT2D eigenvalue weighted by atomic mass is 10.0. The Labute approximate surface area is 125 Å². The van der Waals surface area contributed by atoms with Crippen molar-refractivity contribution in [2.45, 2.75) is 6.04 Å². The van der Waals surface area contributed by atoms with E-state index in [1.54, 1.807) is 24.3 Å². The molecular formula is C15H15BrF2N2. The van der Waals surface area contributed by atoms with Crippen molar-refractivity contribution in [3.8, 4) is 0 Å². The Morgan fingerprint density at radius 3 is 2.55 bits per heavy atom. The van der Waals surface area contributed by atoms with Crippen LogP contribution in [0.5, 0.6) is 0 Å². The number of anilines is 1. The summed E-state index contributed by atoms with van der Waals surface area (Å²) in [6.45, 7) is 0.300. The summed E-state index contributed by atoms with van der Waals surface area (Å²) in [6, 6.07) is 10.9. The molecule has 0 aliphatic carbocycles. The summed E-state index contributed by atoms with van der Waals surface area (Å²) in [5.41, 5.74) is 7.25. The third kappa shape index (κ3) is 3.16. The summed E-state index contributed by atoms with van der Waals surface area (Å²) in [5, 5.41) is 0. The maximum absolute atomic E-state index is 13.6. The lowest BCUT2D eigenvalue weighted by Gasteiger charge is -2.29. The molecule has 0 aliphatic rings. The van der Waals surface area contributed by atoms with Crippen LogP contribution in [0.4, 0.5) is 14.5 Å². The quantitative estimate of drug-likeness (QED) is 0.915. The summed E-state index contributed by atoms with van der Waals surface area (Å²) in [6.07, 6.45) is 0. The predicted molar refractivity (Wildman–Crippen MR) is 80.7 cm³/mol. The molecule has 106 valence electrons. The summed E-state index contributed by atoms with van der Waals surface area (Å²) in [7, 11) is 1.81. The van der Waals surface area contributed by atoms with E-state index in [1.165, 1.54) is 18.2 Å². The van der Waals surface area contributed by atoms with Gasteiger partial charge in [0.05, 0.1) is 10.5 Å². The van der Waals surface area contributed by atoms with E-state index in [1.807, 2.05) is 11.9 Å². The van der Waals surface area contributed by atoms with Crippen molar-refractivity contribution in [2.24, 2.45) is 5.73 Å². The molecule has 20 heavy (non-hydrogen) atoms. The Morgan fingerprint density at radius 2 is 1.95 bits per heavy atom. The largest absolute Gasteiger partial charge is 0.366 e. The number of benzene rings is 2. The maximum atomic E-state index is 13.6. The van der Waals surface area contributed by atoms with E-state index in [2.05, 4.69) is 15.9 Å². The highest BCUT2D eigenvalue weighted by molar-refractivity contribution is 9.10. The Kier molecular flexibility index (Phi) is 4.73. The van der Waals surface area contributed by atoms with E-state index in [-0.39, 0.29) is 17.7 Å². The van der Waals surface area contributed by atoms with Crippen LogP contribution in [0.3, 0.4) is 0 Å². The topological polar surface area (TPSA) is 29.3 Å². The molecule has 0 heterocycles. The average Bonchev–Trinajstić information content (AvgIpc) is 2.43. The maximum Gasteiger partial charge on any atom is 0.137 e. The molecule has 0 radical (unpaired) electrons. The number of nitrogens with two attached hydrogens (primary N) is 1.